The SMILES string of the molecule is CCC1CCCC(C#N)(C(O)C2CCC(C)O2)C1. The monoisotopic (exact) mass is 251 g/mol. The second-order valence-corrected chi connectivity index (χ2v) is 6.15. The lowest BCUT2D eigenvalue weighted by Crippen LogP contribution is -2.45. The fourth-order valence-electron chi connectivity index (χ4n) is 3.63. The first kappa shape index (κ1) is 13.8. The third kappa shape index (κ3) is 2.55. The predicted octanol–water partition coefficient (Wildman–Crippen LogP) is 3.02. The number of ether oxygens (including phenoxy) is 1. The Hall–Kier alpha value is -0.590. The molecule has 1 saturated heterocycles. The number of aliphatic hydroxyl groups is 1. The minimum atomic E-state index is -0.609. The van der Waals surface area contributed by atoms with Crippen molar-refractivity contribution >= 4 is 0 Å². The van der Waals surface area contributed by atoms with Crippen molar-refractivity contribution in [1.29, 1.82) is 5.26 Å². The number of nitriles is 1. The van der Waals surface area contributed by atoms with Crippen LogP contribution >= 0.6 is 0 Å². The Bertz CT molecular complexity index is 325. The van der Waals surface area contributed by atoms with Gasteiger partial charge >= 0.3 is 0 Å². The van der Waals surface area contributed by atoms with Crippen LogP contribution in [-0.2, 0) is 4.74 Å². The molecule has 5 atom stereocenters. The lowest BCUT2D eigenvalue weighted by Gasteiger charge is -2.40. The average molecular weight is 251 g/mol. The smallest absolute Gasteiger partial charge is 0.0987 e. The van der Waals surface area contributed by atoms with E-state index in [2.05, 4.69) is 13.0 Å². The lowest BCUT2D eigenvalue weighted by molar-refractivity contribution is -0.0869. The first-order valence-corrected chi connectivity index (χ1v) is 7.36. The standard InChI is InChI=1S/C15H25NO2/c1-3-12-5-4-8-15(9-12,10-16)14(17)13-7-6-11(2)18-13/h11-14,17H,3-9H2,1-2H3. The van der Waals surface area contributed by atoms with Gasteiger partial charge in [0.05, 0.1) is 29.8 Å². The van der Waals surface area contributed by atoms with Gasteiger partial charge in [-0.05, 0) is 38.5 Å². The van der Waals surface area contributed by atoms with Crippen molar-refractivity contribution in [2.24, 2.45) is 11.3 Å². The average Bonchev–Trinajstić information content (AvgIpc) is 2.84. The fourth-order valence-corrected chi connectivity index (χ4v) is 3.63. The summed E-state index contributed by atoms with van der Waals surface area (Å²) >= 11 is 0. The predicted molar refractivity (Wildman–Crippen MR) is 69.9 cm³/mol. The van der Waals surface area contributed by atoms with E-state index in [1.807, 2.05) is 6.92 Å². The molecule has 1 aliphatic heterocycles. The third-order valence-electron chi connectivity index (χ3n) is 4.87. The van der Waals surface area contributed by atoms with Crippen LogP contribution in [0.1, 0.15) is 58.8 Å². The Morgan fingerprint density at radius 1 is 1.44 bits per heavy atom. The molecule has 2 fully saturated rings. The normalized spacial score (nSPS) is 42.4. The van der Waals surface area contributed by atoms with Crippen LogP contribution in [0, 0.1) is 22.7 Å². The van der Waals surface area contributed by atoms with E-state index in [1.165, 1.54) is 6.42 Å². The van der Waals surface area contributed by atoms with E-state index in [1.54, 1.807) is 0 Å². The highest BCUT2D eigenvalue weighted by atomic mass is 16.5. The van der Waals surface area contributed by atoms with Gasteiger partial charge in [-0.1, -0.05) is 26.2 Å². The summed E-state index contributed by atoms with van der Waals surface area (Å²) in [5.41, 5.74) is -0.562. The zero-order chi connectivity index (χ0) is 13.2. The van der Waals surface area contributed by atoms with Gasteiger partial charge in [-0.2, -0.15) is 5.26 Å². The lowest BCUT2D eigenvalue weighted by atomic mass is 9.65. The first-order chi connectivity index (χ1) is 8.61. The highest BCUT2D eigenvalue weighted by Crippen LogP contribution is 2.45. The molecule has 0 aromatic carbocycles. The summed E-state index contributed by atoms with van der Waals surface area (Å²) < 4.78 is 5.77. The van der Waals surface area contributed by atoms with E-state index in [0.717, 1.165) is 38.5 Å². The third-order valence-corrected chi connectivity index (χ3v) is 4.87. The zero-order valence-electron chi connectivity index (χ0n) is 11.6. The second kappa shape index (κ2) is 5.59. The molecular weight excluding hydrogens is 226 g/mol. The number of hydrogen-bond donors (Lipinski definition) is 1. The molecule has 2 aliphatic rings. The van der Waals surface area contributed by atoms with E-state index in [4.69, 9.17) is 4.74 Å². The molecule has 1 N–H and O–H groups in total. The highest BCUT2D eigenvalue weighted by Gasteiger charge is 2.47. The molecule has 1 saturated carbocycles. The summed E-state index contributed by atoms with van der Waals surface area (Å²) in [6.07, 6.45) is 6.43. The summed E-state index contributed by atoms with van der Waals surface area (Å²) in [4.78, 5) is 0. The Morgan fingerprint density at radius 2 is 2.22 bits per heavy atom. The van der Waals surface area contributed by atoms with Crippen molar-refractivity contribution < 1.29 is 9.84 Å². The number of rotatable bonds is 3. The summed E-state index contributed by atoms with van der Waals surface area (Å²) in [7, 11) is 0. The number of hydrogen-bond acceptors (Lipinski definition) is 3. The Morgan fingerprint density at radius 3 is 2.78 bits per heavy atom. The summed E-state index contributed by atoms with van der Waals surface area (Å²) in [6.45, 7) is 4.22. The summed E-state index contributed by atoms with van der Waals surface area (Å²) in [6, 6.07) is 2.44. The largest absolute Gasteiger partial charge is 0.389 e. The van der Waals surface area contributed by atoms with Crippen LogP contribution in [0.2, 0.25) is 0 Å². The van der Waals surface area contributed by atoms with Crippen LogP contribution in [0.5, 0.6) is 0 Å². The maximum absolute atomic E-state index is 10.6. The molecule has 0 bridgehead atoms. The van der Waals surface area contributed by atoms with E-state index >= 15 is 0 Å². The van der Waals surface area contributed by atoms with E-state index in [-0.39, 0.29) is 12.2 Å². The second-order valence-electron chi connectivity index (χ2n) is 6.15. The molecule has 3 nitrogen and oxygen atoms in total. The minimum Gasteiger partial charge on any atom is -0.389 e. The van der Waals surface area contributed by atoms with Crippen LogP contribution in [0.4, 0.5) is 0 Å². The molecular formula is C15H25NO2. The maximum Gasteiger partial charge on any atom is 0.0987 e. The molecule has 1 heterocycles. The van der Waals surface area contributed by atoms with Gasteiger partial charge in [0.15, 0.2) is 0 Å². The highest BCUT2D eigenvalue weighted by molar-refractivity contribution is 5.08. The first-order valence-electron chi connectivity index (χ1n) is 7.36. The van der Waals surface area contributed by atoms with Gasteiger partial charge in [-0.25, -0.2) is 0 Å². The van der Waals surface area contributed by atoms with Gasteiger partial charge in [0, 0.05) is 0 Å². The topological polar surface area (TPSA) is 53.2 Å². The summed E-state index contributed by atoms with van der Waals surface area (Å²) in [5, 5.41) is 20.2. The van der Waals surface area contributed by atoms with E-state index < -0.39 is 11.5 Å². The van der Waals surface area contributed by atoms with Gasteiger partial charge < -0.3 is 9.84 Å². The molecule has 0 spiro atoms. The van der Waals surface area contributed by atoms with Crippen molar-refractivity contribution in [3.05, 3.63) is 0 Å². The Labute approximate surface area is 110 Å². The molecule has 0 amide bonds. The van der Waals surface area contributed by atoms with Crippen LogP contribution in [0.3, 0.4) is 0 Å². The van der Waals surface area contributed by atoms with Gasteiger partial charge in [-0.15, -0.1) is 0 Å². The van der Waals surface area contributed by atoms with Crippen molar-refractivity contribution in [2.75, 3.05) is 0 Å². The van der Waals surface area contributed by atoms with Crippen molar-refractivity contribution in [2.45, 2.75) is 77.1 Å². The van der Waals surface area contributed by atoms with Gasteiger partial charge in [0.2, 0.25) is 0 Å². The molecule has 0 aromatic heterocycles. The fraction of sp³-hybridized carbons (Fsp3) is 0.933. The quantitative estimate of drug-likeness (QED) is 0.838. The molecule has 102 valence electrons. The Balaban J connectivity index is 2.09. The van der Waals surface area contributed by atoms with Gasteiger partial charge in [-0.3, -0.25) is 0 Å². The Kier molecular flexibility index (Phi) is 4.29. The minimum absolute atomic E-state index is 0.129. The zero-order valence-corrected chi connectivity index (χ0v) is 11.6. The van der Waals surface area contributed by atoms with Crippen molar-refractivity contribution in [3.8, 4) is 6.07 Å². The molecule has 2 rings (SSSR count). The van der Waals surface area contributed by atoms with E-state index in [0.29, 0.717) is 5.92 Å². The molecule has 5 unspecified atom stereocenters. The van der Waals surface area contributed by atoms with E-state index in [9.17, 15) is 10.4 Å². The van der Waals surface area contributed by atoms with Gasteiger partial charge in [0.1, 0.15) is 0 Å². The number of aliphatic hydroxyl groups excluding tert-OH is 1. The molecule has 18 heavy (non-hydrogen) atoms. The van der Waals surface area contributed by atoms with Crippen LogP contribution < -0.4 is 0 Å². The number of nitrogens with zero attached hydrogens (tertiary/aromatic N) is 1. The van der Waals surface area contributed by atoms with Crippen LogP contribution in [-0.4, -0.2) is 23.4 Å². The maximum atomic E-state index is 10.6. The van der Waals surface area contributed by atoms with Crippen molar-refractivity contribution in [1.82, 2.24) is 0 Å². The van der Waals surface area contributed by atoms with Gasteiger partial charge in [0.25, 0.3) is 0 Å². The van der Waals surface area contributed by atoms with Crippen LogP contribution in [0.25, 0.3) is 0 Å². The molecule has 0 aromatic rings. The summed E-state index contributed by atoms with van der Waals surface area (Å²) in [5.74, 6) is 0.590. The molecule has 3 heteroatoms. The molecule has 0 radical (unpaired) electrons. The molecule has 1 aliphatic carbocycles. The van der Waals surface area contributed by atoms with Crippen LogP contribution in [0.15, 0.2) is 0 Å². The van der Waals surface area contributed by atoms with Crippen molar-refractivity contribution in [3.63, 3.8) is 0 Å².